The second kappa shape index (κ2) is 5.94. The molecule has 0 amide bonds. The van der Waals surface area contributed by atoms with Crippen LogP contribution in [0.15, 0.2) is 24.3 Å². The Hall–Kier alpha value is -2.12. The number of rotatable bonds is 5. The van der Waals surface area contributed by atoms with Crippen molar-refractivity contribution in [3.05, 3.63) is 47.0 Å². The van der Waals surface area contributed by atoms with Crippen molar-refractivity contribution in [2.45, 2.75) is 51.6 Å². The van der Waals surface area contributed by atoms with Gasteiger partial charge in [-0.05, 0) is 43.5 Å². The van der Waals surface area contributed by atoms with E-state index < -0.39 is 0 Å². The first kappa shape index (κ1) is 14.8. The largest absolute Gasteiger partial charge is 0.390 e. The van der Waals surface area contributed by atoms with Crippen molar-refractivity contribution < 1.29 is 5.11 Å². The molecule has 0 bridgehead atoms. The number of aliphatic hydroxyl groups is 1. The molecule has 1 aromatic carbocycles. The zero-order valence-electron chi connectivity index (χ0n) is 13.1. The highest BCUT2D eigenvalue weighted by atomic mass is 16.3. The van der Waals surface area contributed by atoms with Gasteiger partial charge in [0.25, 0.3) is 0 Å². The van der Waals surface area contributed by atoms with Gasteiger partial charge < -0.3 is 5.11 Å². The second-order valence-electron chi connectivity index (χ2n) is 6.04. The summed E-state index contributed by atoms with van der Waals surface area (Å²) in [5.41, 5.74) is 3.57. The summed E-state index contributed by atoms with van der Waals surface area (Å²) in [4.78, 5) is 4.87. The Morgan fingerprint density at radius 2 is 2.05 bits per heavy atom. The summed E-state index contributed by atoms with van der Waals surface area (Å²) in [6.45, 7) is 4.31. The highest BCUT2D eigenvalue weighted by Crippen LogP contribution is 2.42. The predicted molar refractivity (Wildman–Crippen MR) is 84.9 cm³/mol. The van der Waals surface area contributed by atoms with Crippen LogP contribution in [0.4, 0.5) is 0 Å². The second-order valence-corrected chi connectivity index (χ2v) is 6.04. The first-order chi connectivity index (χ1) is 10.7. The zero-order chi connectivity index (χ0) is 15.7. The van der Waals surface area contributed by atoms with E-state index in [9.17, 15) is 5.11 Å². The lowest BCUT2D eigenvalue weighted by Gasteiger charge is -2.15. The molecule has 1 N–H and O–H groups in total. The van der Waals surface area contributed by atoms with E-state index in [1.54, 1.807) is 0 Å². The van der Waals surface area contributed by atoms with E-state index in [0.717, 1.165) is 42.2 Å². The van der Waals surface area contributed by atoms with Crippen molar-refractivity contribution in [1.29, 1.82) is 5.26 Å². The van der Waals surface area contributed by atoms with Gasteiger partial charge in [0.2, 0.25) is 0 Å². The maximum atomic E-state index is 9.89. The smallest absolute Gasteiger partial charge is 0.116 e. The number of nitriles is 1. The predicted octanol–water partition coefficient (Wildman–Crippen LogP) is 3.63. The van der Waals surface area contributed by atoms with Gasteiger partial charge in [-0.1, -0.05) is 13.8 Å². The maximum Gasteiger partial charge on any atom is 0.116 e. The van der Waals surface area contributed by atoms with E-state index in [2.05, 4.69) is 24.5 Å². The van der Waals surface area contributed by atoms with Crippen LogP contribution in [0.5, 0.6) is 0 Å². The summed E-state index contributed by atoms with van der Waals surface area (Å²) >= 11 is 0. The number of aliphatic hydroxyl groups excluding tert-OH is 1. The summed E-state index contributed by atoms with van der Waals surface area (Å²) in [5.74, 6) is 1.84. The number of hydrogen-bond donors (Lipinski definition) is 1. The fourth-order valence-corrected chi connectivity index (χ4v) is 2.81. The zero-order valence-corrected chi connectivity index (χ0v) is 13.1. The number of imidazole rings is 1. The Morgan fingerprint density at radius 1 is 1.36 bits per heavy atom. The van der Waals surface area contributed by atoms with Gasteiger partial charge in [0.1, 0.15) is 5.82 Å². The number of hydrogen-bond acceptors (Lipinski definition) is 3. The Kier molecular flexibility index (Phi) is 4.00. The lowest BCUT2D eigenvalue weighted by Crippen LogP contribution is -2.08. The lowest BCUT2D eigenvalue weighted by molar-refractivity contribution is 0.273. The van der Waals surface area contributed by atoms with E-state index >= 15 is 0 Å². The standard InChI is InChI=1S/C18H21N3O/c1-3-12(2)18-20-17(14-6-7-14)16(11-22)21(18)15-8-4-13(10-19)5-9-15/h4-5,8-9,12,14,22H,3,6-7,11H2,1-2H3. The molecule has 2 aromatic rings. The molecular formula is C18H21N3O. The molecule has 0 radical (unpaired) electrons. The SMILES string of the molecule is CCC(C)c1nc(C2CC2)c(CO)n1-c1ccc(C#N)cc1. The minimum absolute atomic E-state index is 0.00469. The molecular weight excluding hydrogens is 274 g/mol. The molecule has 22 heavy (non-hydrogen) atoms. The van der Waals surface area contributed by atoms with Crippen molar-refractivity contribution in [3.8, 4) is 11.8 Å². The van der Waals surface area contributed by atoms with E-state index in [1.807, 2.05) is 24.3 Å². The quantitative estimate of drug-likeness (QED) is 0.916. The van der Waals surface area contributed by atoms with Crippen molar-refractivity contribution in [2.75, 3.05) is 0 Å². The molecule has 114 valence electrons. The monoisotopic (exact) mass is 295 g/mol. The van der Waals surface area contributed by atoms with Crippen LogP contribution >= 0.6 is 0 Å². The van der Waals surface area contributed by atoms with Gasteiger partial charge in [0.15, 0.2) is 0 Å². The minimum Gasteiger partial charge on any atom is -0.390 e. The third kappa shape index (κ3) is 2.53. The summed E-state index contributed by atoms with van der Waals surface area (Å²) in [7, 11) is 0. The molecule has 1 aliphatic rings. The van der Waals surface area contributed by atoms with Gasteiger partial charge in [-0.3, -0.25) is 4.57 Å². The van der Waals surface area contributed by atoms with Crippen LogP contribution in [-0.2, 0) is 6.61 Å². The molecule has 0 saturated heterocycles. The van der Waals surface area contributed by atoms with Crippen LogP contribution in [0.3, 0.4) is 0 Å². The highest BCUT2D eigenvalue weighted by Gasteiger charge is 2.32. The molecule has 0 spiro atoms. The Morgan fingerprint density at radius 3 is 2.55 bits per heavy atom. The van der Waals surface area contributed by atoms with E-state index in [1.165, 1.54) is 0 Å². The number of aromatic nitrogens is 2. The highest BCUT2D eigenvalue weighted by molar-refractivity contribution is 5.43. The lowest BCUT2D eigenvalue weighted by atomic mass is 10.1. The molecule has 4 nitrogen and oxygen atoms in total. The minimum atomic E-state index is -0.00469. The van der Waals surface area contributed by atoms with Gasteiger partial charge in [-0.25, -0.2) is 4.98 Å². The fourth-order valence-electron chi connectivity index (χ4n) is 2.81. The molecule has 1 aliphatic carbocycles. The first-order valence-corrected chi connectivity index (χ1v) is 7.92. The maximum absolute atomic E-state index is 9.89. The average molecular weight is 295 g/mol. The van der Waals surface area contributed by atoms with E-state index in [0.29, 0.717) is 17.4 Å². The van der Waals surface area contributed by atoms with Crippen LogP contribution in [0, 0.1) is 11.3 Å². The van der Waals surface area contributed by atoms with Crippen molar-refractivity contribution in [2.24, 2.45) is 0 Å². The van der Waals surface area contributed by atoms with Gasteiger partial charge in [-0.2, -0.15) is 5.26 Å². The molecule has 3 rings (SSSR count). The van der Waals surface area contributed by atoms with Gasteiger partial charge in [0, 0.05) is 17.5 Å². The van der Waals surface area contributed by atoms with Crippen LogP contribution in [-0.4, -0.2) is 14.7 Å². The van der Waals surface area contributed by atoms with Gasteiger partial charge >= 0.3 is 0 Å². The molecule has 1 aromatic heterocycles. The summed E-state index contributed by atoms with van der Waals surface area (Å²) < 4.78 is 2.09. The summed E-state index contributed by atoms with van der Waals surface area (Å²) in [5, 5.41) is 18.8. The molecule has 1 atom stereocenters. The Bertz CT molecular complexity index is 705. The van der Waals surface area contributed by atoms with Crippen LogP contribution in [0.25, 0.3) is 5.69 Å². The average Bonchev–Trinajstić information content (AvgIpc) is 3.34. The van der Waals surface area contributed by atoms with Crippen molar-refractivity contribution >= 4 is 0 Å². The van der Waals surface area contributed by atoms with E-state index in [-0.39, 0.29) is 6.61 Å². The molecule has 4 heteroatoms. The molecule has 1 unspecified atom stereocenters. The van der Waals surface area contributed by atoms with Gasteiger partial charge in [-0.15, -0.1) is 0 Å². The van der Waals surface area contributed by atoms with E-state index in [4.69, 9.17) is 10.2 Å². The summed E-state index contributed by atoms with van der Waals surface area (Å²) in [6.07, 6.45) is 3.33. The van der Waals surface area contributed by atoms with Crippen molar-refractivity contribution in [1.82, 2.24) is 9.55 Å². The van der Waals surface area contributed by atoms with Crippen LogP contribution in [0.1, 0.15) is 67.7 Å². The van der Waals surface area contributed by atoms with Crippen LogP contribution < -0.4 is 0 Å². The van der Waals surface area contributed by atoms with Crippen molar-refractivity contribution in [3.63, 3.8) is 0 Å². The molecule has 1 fully saturated rings. The number of nitrogens with zero attached hydrogens (tertiary/aromatic N) is 3. The normalized spacial score (nSPS) is 15.5. The van der Waals surface area contributed by atoms with Crippen LogP contribution in [0.2, 0.25) is 0 Å². The third-order valence-corrected chi connectivity index (χ3v) is 4.45. The summed E-state index contributed by atoms with van der Waals surface area (Å²) in [6, 6.07) is 9.63. The first-order valence-electron chi connectivity index (χ1n) is 7.92. The molecule has 1 saturated carbocycles. The third-order valence-electron chi connectivity index (χ3n) is 4.45. The molecule has 0 aliphatic heterocycles. The Labute approximate surface area is 131 Å². The van der Waals surface area contributed by atoms with Gasteiger partial charge in [0.05, 0.1) is 29.6 Å². The molecule has 1 heterocycles. The fraction of sp³-hybridized carbons (Fsp3) is 0.444. The Balaban J connectivity index is 2.15. The topological polar surface area (TPSA) is 61.8 Å². The number of benzene rings is 1.